The van der Waals surface area contributed by atoms with Crippen molar-refractivity contribution in [3.8, 4) is 0 Å². The number of nitrogens with zero attached hydrogens (tertiary/aromatic N) is 2. The van der Waals surface area contributed by atoms with Gasteiger partial charge in [0.15, 0.2) is 5.36 Å². The van der Waals surface area contributed by atoms with Gasteiger partial charge in [-0.1, -0.05) is 18.2 Å². The minimum Gasteiger partial charge on any atom is -0.744 e. The Morgan fingerprint density at radius 2 is 1.34 bits per heavy atom. The summed E-state index contributed by atoms with van der Waals surface area (Å²) in [5.41, 5.74) is 4.92. The van der Waals surface area contributed by atoms with E-state index < -0.39 is 21.0 Å². The van der Waals surface area contributed by atoms with E-state index in [1.165, 1.54) is 24.3 Å². The van der Waals surface area contributed by atoms with E-state index in [9.17, 15) is 22.6 Å². The minimum atomic E-state index is -4.55. The van der Waals surface area contributed by atoms with Crippen LogP contribution in [0.4, 0.5) is 11.4 Å². The van der Waals surface area contributed by atoms with Crippen LogP contribution in [-0.2, 0) is 10.1 Å². The van der Waals surface area contributed by atoms with E-state index in [0.717, 1.165) is 12.1 Å². The molecule has 0 saturated heterocycles. The standard InChI is InChI=1S/C18H14N4O5S.Na/c23-16-11-10-15(18(24)17(16)22-20-12-4-2-1-3-5-12)21-19-13-6-8-14(9-7-13)28(25,26)27;/h1-11,19-20H,(H,25,26,27);/q;+1/p-1. The fourth-order valence-corrected chi connectivity index (χ4v) is 2.66. The summed E-state index contributed by atoms with van der Waals surface area (Å²) in [7, 11) is -4.55. The summed E-state index contributed by atoms with van der Waals surface area (Å²) in [4.78, 5) is 24.0. The number of para-hydroxylation sites is 1. The van der Waals surface area contributed by atoms with Crippen molar-refractivity contribution in [1.82, 2.24) is 0 Å². The summed E-state index contributed by atoms with van der Waals surface area (Å²) in [5, 5.41) is 7.39. The van der Waals surface area contributed by atoms with Crippen molar-refractivity contribution in [3.05, 3.63) is 97.9 Å². The SMILES string of the molecule is O=c1ccc(=NNc2ccc(S(=O)(=O)[O-])cc2)c(=O)c1=NNc1ccccc1.[Na+]. The first-order valence-corrected chi connectivity index (χ1v) is 9.31. The third-order valence-corrected chi connectivity index (χ3v) is 4.44. The van der Waals surface area contributed by atoms with Gasteiger partial charge in [0.2, 0.25) is 10.9 Å². The molecule has 29 heavy (non-hydrogen) atoms. The van der Waals surface area contributed by atoms with Crippen LogP contribution >= 0.6 is 0 Å². The van der Waals surface area contributed by atoms with Gasteiger partial charge in [0.1, 0.15) is 15.5 Å². The van der Waals surface area contributed by atoms with Gasteiger partial charge in [-0.15, -0.1) is 0 Å². The Balaban J connectivity index is 0.00000300. The number of rotatable bonds is 5. The molecular formula is C18H13N4NaO5S. The minimum absolute atomic E-state index is 0. The maximum absolute atomic E-state index is 12.4. The molecule has 0 heterocycles. The summed E-state index contributed by atoms with van der Waals surface area (Å²) in [6.07, 6.45) is 0. The molecule has 0 radical (unpaired) electrons. The molecule has 2 N–H and O–H groups in total. The second-order valence-electron chi connectivity index (χ2n) is 5.55. The summed E-state index contributed by atoms with van der Waals surface area (Å²) in [6, 6.07) is 16.1. The molecule has 0 fully saturated rings. The second kappa shape index (κ2) is 9.72. The summed E-state index contributed by atoms with van der Waals surface area (Å²) < 4.78 is 32.7. The van der Waals surface area contributed by atoms with Crippen LogP contribution in [0.2, 0.25) is 0 Å². The Morgan fingerprint density at radius 3 is 1.97 bits per heavy atom. The molecule has 11 heteroatoms. The van der Waals surface area contributed by atoms with Crippen molar-refractivity contribution in [3.63, 3.8) is 0 Å². The van der Waals surface area contributed by atoms with Crippen molar-refractivity contribution in [2.24, 2.45) is 10.2 Å². The summed E-state index contributed by atoms with van der Waals surface area (Å²) >= 11 is 0. The van der Waals surface area contributed by atoms with E-state index in [2.05, 4.69) is 21.1 Å². The van der Waals surface area contributed by atoms with Gasteiger partial charge in [0.05, 0.1) is 16.3 Å². The van der Waals surface area contributed by atoms with Crippen LogP contribution in [0.25, 0.3) is 0 Å². The predicted molar refractivity (Wildman–Crippen MR) is 101 cm³/mol. The van der Waals surface area contributed by atoms with Crippen LogP contribution in [0.5, 0.6) is 0 Å². The van der Waals surface area contributed by atoms with Gasteiger partial charge in [-0.25, -0.2) is 8.42 Å². The molecule has 0 unspecified atom stereocenters. The molecular weight excluding hydrogens is 407 g/mol. The summed E-state index contributed by atoms with van der Waals surface area (Å²) in [6.45, 7) is 0. The van der Waals surface area contributed by atoms with Crippen molar-refractivity contribution in [2.45, 2.75) is 4.90 Å². The molecule has 9 nitrogen and oxygen atoms in total. The van der Waals surface area contributed by atoms with Crippen LogP contribution in [0.3, 0.4) is 0 Å². The number of nitrogens with one attached hydrogen (secondary N) is 2. The third-order valence-electron chi connectivity index (χ3n) is 3.59. The normalized spacial score (nSPS) is 12.3. The summed E-state index contributed by atoms with van der Waals surface area (Å²) in [5.74, 6) is 0. The molecule has 0 bridgehead atoms. The fraction of sp³-hybridized carbons (Fsp3) is 0. The molecule has 3 aromatic carbocycles. The molecule has 0 aliphatic carbocycles. The Kier molecular flexibility index (Phi) is 7.59. The molecule has 0 aliphatic heterocycles. The fourth-order valence-electron chi connectivity index (χ4n) is 2.19. The number of benzene rings is 3. The average molecular weight is 420 g/mol. The van der Waals surface area contributed by atoms with Gasteiger partial charge in [0, 0.05) is 0 Å². The largest absolute Gasteiger partial charge is 1.00 e. The Bertz CT molecular complexity index is 1320. The molecule has 3 rings (SSSR count). The average Bonchev–Trinajstić information content (AvgIpc) is 2.68. The zero-order chi connectivity index (χ0) is 20.1. The van der Waals surface area contributed by atoms with Crippen molar-refractivity contribution >= 4 is 21.5 Å². The maximum atomic E-state index is 12.4. The van der Waals surface area contributed by atoms with Crippen LogP contribution < -0.4 is 62.0 Å². The van der Waals surface area contributed by atoms with E-state index in [0.29, 0.717) is 11.4 Å². The zero-order valence-corrected chi connectivity index (χ0v) is 18.0. The zero-order valence-electron chi connectivity index (χ0n) is 15.2. The predicted octanol–water partition coefficient (Wildman–Crippen LogP) is -2.95. The van der Waals surface area contributed by atoms with E-state index >= 15 is 0 Å². The van der Waals surface area contributed by atoms with Crippen molar-refractivity contribution in [2.75, 3.05) is 10.9 Å². The van der Waals surface area contributed by atoms with Gasteiger partial charge in [0.25, 0.3) is 0 Å². The van der Waals surface area contributed by atoms with E-state index in [-0.39, 0.29) is 45.2 Å². The van der Waals surface area contributed by atoms with Crippen molar-refractivity contribution < 1.29 is 42.5 Å². The van der Waals surface area contributed by atoms with E-state index in [1.807, 2.05) is 6.07 Å². The van der Waals surface area contributed by atoms with Crippen molar-refractivity contribution in [1.29, 1.82) is 0 Å². The maximum Gasteiger partial charge on any atom is 1.00 e. The second-order valence-corrected chi connectivity index (χ2v) is 6.93. The monoisotopic (exact) mass is 420 g/mol. The smallest absolute Gasteiger partial charge is 0.744 e. The number of hydrogen-bond acceptors (Lipinski definition) is 9. The van der Waals surface area contributed by atoms with Crippen LogP contribution in [0.1, 0.15) is 0 Å². The quantitative estimate of drug-likeness (QED) is 0.255. The number of anilines is 2. The molecule has 0 amide bonds. The Labute approximate surface area is 187 Å². The third kappa shape index (κ3) is 5.92. The Morgan fingerprint density at radius 1 is 0.759 bits per heavy atom. The molecule has 0 aromatic heterocycles. The Hall–Kier alpha value is -2.63. The first-order chi connectivity index (χ1) is 13.3. The first kappa shape index (κ1) is 22.7. The van der Waals surface area contributed by atoms with Crippen LogP contribution in [0, 0.1) is 0 Å². The van der Waals surface area contributed by atoms with Gasteiger partial charge >= 0.3 is 29.6 Å². The molecule has 142 valence electrons. The molecule has 0 saturated carbocycles. The van der Waals surface area contributed by atoms with Gasteiger partial charge in [-0.05, 0) is 48.5 Å². The van der Waals surface area contributed by atoms with Crippen LogP contribution in [0.15, 0.2) is 91.4 Å². The number of hydrogen-bond donors (Lipinski definition) is 2. The van der Waals surface area contributed by atoms with Gasteiger partial charge in [-0.2, -0.15) is 10.2 Å². The van der Waals surface area contributed by atoms with Gasteiger partial charge < -0.3 is 4.55 Å². The molecule has 3 aromatic rings. The molecule has 0 atom stereocenters. The van der Waals surface area contributed by atoms with E-state index in [4.69, 9.17) is 0 Å². The van der Waals surface area contributed by atoms with Crippen LogP contribution in [-0.4, -0.2) is 13.0 Å². The molecule has 0 spiro atoms. The van der Waals surface area contributed by atoms with Gasteiger partial charge in [-0.3, -0.25) is 20.4 Å². The first-order valence-electron chi connectivity index (χ1n) is 7.90. The topological polar surface area (TPSA) is 140 Å². The van der Waals surface area contributed by atoms with E-state index in [1.54, 1.807) is 24.3 Å². The molecule has 0 aliphatic rings.